The van der Waals surface area contributed by atoms with E-state index in [1.807, 2.05) is 0 Å². The molecule has 1 N–H and O–H groups in total. The lowest BCUT2D eigenvalue weighted by Gasteiger charge is -2.05. The highest BCUT2D eigenvalue weighted by Crippen LogP contribution is 2.16. The van der Waals surface area contributed by atoms with Gasteiger partial charge >= 0.3 is 5.97 Å². The van der Waals surface area contributed by atoms with Gasteiger partial charge in [-0.3, -0.25) is 14.9 Å². The van der Waals surface area contributed by atoms with Crippen molar-refractivity contribution in [1.29, 1.82) is 0 Å². The normalized spacial score (nSPS) is 10.4. The van der Waals surface area contributed by atoms with Crippen LogP contribution in [0.1, 0.15) is 21.7 Å². The Hall–Kier alpha value is -2.90. The van der Waals surface area contributed by atoms with Crippen molar-refractivity contribution >= 4 is 11.7 Å². The van der Waals surface area contributed by atoms with Gasteiger partial charge in [0.05, 0.1) is 23.9 Å². The monoisotopic (exact) mass is 278 g/mol. The summed E-state index contributed by atoms with van der Waals surface area (Å²) in [6.07, 6.45) is 2.28. The lowest BCUT2D eigenvalue weighted by atomic mass is 10.2. The van der Waals surface area contributed by atoms with E-state index in [-0.39, 0.29) is 29.1 Å². The van der Waals surface area contributed by atoms with Crippen molar-refractivity contribution in [1.82, 2.24) is 4.57 Å². The molecule has 0 amide bonds. The molecule has 0 aliphatic heterocycles. The number of aryl methyl sites for hydroxylation is 1. The summed E-state index contributed by atoms with van der Waals surface area (Å²) in [6, 6.07) is 2.54. The summed E-state index contributed by atoms with van der Waals surface area (Å²) in [5, 5.41) is 19.7. The SMILES string of the molecule is Cc1cc(=O)n(Cc2ccoc2C(=O)O)cc1[N+](=O)[O-]. The molecule has 0 unspecified atom stereocenters. The van der Waals surface area contributed by atoms with Gasteiger partial charge in [0.2, 0.25) is 5.76 Å². The van der Waals surface area contributed by atoms with Crippen molar-refractivity contribution in [3.05, 3.63) is 61.9 Å². The predicted molar refractivity (Wildman–Crippen MR) is 66.9 cm³/mol. The van der Waals surface area contributed by atoms with E-state index < -0.39 is 16.5 Å². The molecule has 0 spiro atoms. The smallest absolute Gasteiger partial charge is 0.372 e. The van der Waals surface area contributed by atoms with Crippen LogP contribution in [-0.4, -0.2) is 20.6 Å². The van der Waals surface area contributed by atoms with E-state index in [4.69, 9.17) is 9.52 Å². The van der Waals surface area contributed by atoms with Crippen LogP contribution in [0.25, 0.3) is 0 Å². The molecule has 0 saturated heterocycles. The number of furan rings is 1. The Morgan fingerprint density at radius 3 is 2.85 bits per heavy atom. The van der Waals surface area contributed by atoms with Crippen molar-refractivity contribution in [2.75, 3.05) is 0 Å². The zero-order chi connectivity index (χ0) is 14.9. The fourth-order valence-electron chi connectivity index (χ4n) is 1.80. The maximum atomic E-state index is 11.8. The van der Waals surface area contributed by atoms with Crippen molar-refractivity contribution in [3.63, 3.8) is 0 Å². The molecular weight excluding hydrogens is 268 g/mol. The Morgan fingerprint density at radius 2 is 2.25 bits per heavy atom. The fraction of sp³-hybridized carbons (Fsp3) is 0.167. The first-order valence-electron chi connectivity index (χ1n) is 5.55. The Morgan fingerprint density at radius 1 is 1.55 bits per heavy atom. The Bertz CT molecular complexity index is 743. The van der Waals surface area contributed by atoms with Gasteiger partial charge in [0, 0.05) is 17.2 Å². The van der Waals surface area contributed by atoms with Crippen LogP contribution >= 0.6 is 0 Å². The number of pyridine rings is 1. The van der Waals surface area contributed by atoms with Crippen LogP contribution in [0.4, 0.5) is 5.69 Å². The molecule has 8 nitrogen and oxygen atoms in total. The number of carboxylic acid groups (broad SMARTS) is 1. The first-order chi connectivity index (χ1) is 9.40. The molecule has 0 aromatic carbocycles. The maximum Gasteiger partial charge on any atom is 0.372 e. The predicted octanol–water partition coefficient (Wildman–Crippen LogP) is 1.40. The van der Waals surface area contributed by atoms with Gasteiger partial charge in [-0.05, 0) is 13.0 Å². The van der Waals surface area contributed by atoms with Gasteiger partial charge in [0.15, 0.2) is 0 Å². The molecule has 0 atom stereocenters. The first-order valence-corrected chi connectivity index (χ1v) is 5.55. The molecule has 2 heterocycles. The van der Waals surface area contributed by atoms with E-state index in [1.165, 1.54) is 19.3 Å². The Kier molecular flexibility index (Phi) is 3.38. The number of nitro groups is 1. The highest BCUT2D eigenvalue weighted by molar-refractivity contribution is 5.86. The second-order valence-electron chi connectivity index (χ2n) is 4.15. The van der Waals surface area contributed by atoms with E-state index in [0.717, 1.165) is 16.8 Å². The number of rotatable bonds is 4. The van der Waals surface area contributed by atoms with Crippen molar-refractivity contribution in [3.8, 4) is 0 Å². The van der Waals surface area contributed by atoms with Crippen LogP contribution in [-0.2, 0) is 6.54 Å². The standard InChI is InChI=1S/C12H10N2O6/c1-7-4-10(15)13(6-9(7)14(18)19)5-8-2-3-20-11(8)12(16)17/h2-4,6H,5H2,1H3,(H,16,17). The number of carbonyl (C=O) groups is 1. The van der Waals surface area contributed by atoms with E-state index in [2.05, 4.69) is 0 Å². The lowest BCUT2D eigenvalue weighted by Crippen LogP contribution is -2.21. The van der Waals surface area contributed by atoms with Gasteiger partial charge < -0.3 is 14.1 Å². The maximum absolute atomic E-state index is 11.8. The van der Waals surface area contributed by atoms with Crippen LogP contribution in [0.3, 0.4) is 0 Å². The number of aromatic carboxylic acids is 1. The topological polar surface area (TPSA) is 116 Å². The molecular formula is C12H10N2O6. The molecule has 0 bridgehead atoms. The van der Waals surface area contributed by atoms with E-state index in [9.17, 15) is 19.7 Å². The third kappa shape index (κ3) is 2.44. The summed E-state index contributed by atoms with van der Waals surface area (Å²) in [4.78, 5) is 32.9. The van der Waals surface area contributed by atoms with Crippen LogP contribution < -0.4 is 5.56 Å². The molecule has 0 radical (unpaired) electrons. The number of carboxylic acids is 1. The number of aromatic nitrogens is 1. The van der Waals surface area contributed by atoms with Crippen LogP contribution in [0.15, 0.2) is 33.8 Å². The molecule has 0 aliphatic carbocycles. The number of hydrogen-bond acceptors (Lipinski definition) is 5. The van der Waals surface area contributed by atoms with Gasteiger partial charge in [-0.1, -0.05) is 0 Å². The summed E-state index contributed by atoms with van der Waals surface area (Å²) in [5.74, 6) is -1.56. The van der Waals surface area contributed by atoms with Gasteiger partial charge in [-0.2, -0.15) is 0 Å². The summed E-state index contributed by atoms with van der Waals surface area (Å²) < 4.78 is 5.86. The summed E-state index contributed by atoms with van der Waals surface area (Å²) in [6.45, 7) is 1.35. The minimum absolute atomic E-state index is 0.113. The van der Waals surface area contributed by atoms with E-state index in [0.29, 0.717) is 0 Å². The highest BCUT2D eigenvalue weighted by Gasteiger charge is 2.17. The first kappa shape index (κ1) is 13.5. The van der Waals surface area contributed by atoms with Gasteiger partial charge in [0.25, 0.3) is 11.2 Å². The van der Waals surface area contributed by atoms with Crippen molar-refractivity contribution < 1.29 is 19.2 Å². The highest BCUT2D eigenvalue weighted by atomic mass is 16.6. The van der Waals surface area contributed by atoms with Crippen LogP contribution in [0.5, 0.6) is 0 Å². The number of hydrogen-bond donors (Lipinski definition) is 1. The molecule has 2 aromatic heterocycles. The van der Waals surface area contributed by atoms with Gasteiger partial charge in [-0.25, -0.2) is 4.79 Å². The molecule has 0 aliphatic rings. The van der Waals surface area contributed by atoms with Gasteiger partial charge in [-0.15, -0.1) is 0 Å². The zero-order valence-electron chi connectivity index (χ0n) is 10.4. The second-order valence-corrected chi connectivity index (χ2v) is 4.15. The van der Waals surface area contributed by atoms with Gasteiger partial charge in [0.1, 0.15) is 0 Å². The van der Waals surface area contributed by atoms with Crippen molar-refractivity contribution in [2.45, 2.75) is 13.5 Å². The molecule has 0 fully saturated rings. The van der Waals surface area contributed by atoms with Crippen LogP contribution in [0.2, 0.25) is 0 Å². The number of nitrogens with zero attached hydrogens (tertiary/aromatic N) is 2. The Balaban J connectivity index is 2.46. The molecule has 2 rings (SSSR count). The average molecular weight is 278 g/mol. The summed E-state index contributed by atoms with van der Waals surface area (Å²) >= 11 is 0. The molecule has 2 aromatic rings. The zero-order valence-corrected chi connectivity index (χ0v) is 10.4. The van der Waals surface area contributed by atoms with E-state index in [1.54, 1.807) is 0 Å². The quantitative estimate of drug-likeness (QED) is 0.667. The minimum Gasteiger partial charge on any atom is -0.475 e. The molecule has 20 heavy (non-hydrogen) atoms. The third-order valence-corrected chi connectivity index (χ3v) is 2.78. The Labute approximate surface area is 112 Å². The lowest BCUT2D eigenvalue weighted by molar-refractivity contribution is -0.385. The van der Waals surface area contributed by atoms with Crippen molar-refractivity contribution in [2.24, 2.45) is 0 Å². The molecule has 104 valence electrons. The second kappa shape index (κ2) is 5.00. The average Bonchev–Trinajstić information content (AvgIpc) is 2.80. The molecule has 0 saturated carbocycles. The summed E-state index contributed by atoms with van der Waals surface area (Å²) in [7, 11) is 0. The molecule has 8 heteroatoms. The van der Waals surface area contributed by atoms with E-state index >= 15 is 0 Å². The van der Waals surface area contributed by atoms with Crippen LogP contribution in [0, 0.1) is 17.0 Å². The minimum atomic E-state index is -1.26. The third-order valence-electron chi connectivity index (χ3n) is 2.78. The fourth-order valence-corrected chi connectivity index (χ4v) is 1.80. The summed E-state index contributed by atoms with van der Waals surface area (Å²) in [5.41, 5.74) is -0.143. The largest absolute Gasteiger partial charge is 0.475 e.